The summed E-state index contributed by atoms with van der Waals surface area (Å²) in [6, 6.07) is 6.06. The smallest absolute Gasteiger partial charge is 0.387 e. The topological polar surface area (TPSA) is 29.5 Å². The zero-order valence-electron chi connectivity index (χ0n) is 11.6. The van der Waals surface area contributed by atoms with Gasteiger partial charge in [0, 0.05) is 24.0 Å². The molecule has 1 aliphatic heterocycles. The molecule has 2 rings (SSSR count). The first-order chi connectivity index (χ1) is 10.1. The molecule has 1 aromatic carbocycles. The zero-order chi connectivity index (χ0) is 15.2. The van der Waals surface area contributed by atoms with E-state index in [2.05, 4.69) is 4.74 Å². The molecule has 1 atom stereocenters. The van der Waals surface area contributed by atoms with Crippen LogP contribution < -0.4 is 4.74 Å². The van der Waals surface area contributed by atoms with Crippen LogP contribution in [0, 0.1) is 0 Å². The van der Waals surface area contributed by atoms with Gasteiger partial charge in [0.15, 0.2) is 0 Å². The minimum Gasteiger partial charge on any atom is -0.435 e. The van der Waals surface area contributed by atoms with Gasteiger partial charge in [-0.25, -0.2) is 0 Å². The Bertz CT molecular complexity index is 467. The lowest BCUT2D eigenvalue weighted by Gasteiger charge is -2.24. The second-order valence-corrected chi connectivity index (χ2v) is 5.41. The van der Waals surface area contributed by atoms with Gasteiger partial charge in [-0.05, 0) is 49.9 Å². The van der Waals surface area contributed by atoms with Gasteiger partial charge < -0.3 is 9.64 Å². The molecule has 0 N–H and O–H groups in total. The molecule has 6 heteroatoms. The van der Waals surface area contributed by atoms with Gasteiger partial charge in [0.25, 0.3) is 5.91 Å². The van der Waals surface area contributed by atoms with Crippen LogP contribution >= 0.6 is 11.6 Å². The van der Waals surface area contributed by atoms with Crippen molar-refractivity contribution in [3.05, 3.63) is 29.8 Å². The van der Waals surface area contributed by atoms with Crippen molar-refractivity contribution in [2.24, 2.45) is 0 Å². The summed E-state index contributed by atoms with van der Waals surface area (Å²) in [5.41, 5.74) is 0.495. The molecule has 1 fully saturated rings. The number of carbonyl (C=O) groups is 1. The summed E-state index contributed by atoms with van der Waals surface area (Å²) in [6.45, 7) is -2.12. The minimum atomic E-state index is -2.86. The lowest BCUT2D eigenvalue weighted by molar-refractivity contribution is -0.0498. The SMILES string of the molecule is O=C(c1ccc(OC(F)F)cc1)N1CCCC1CCCCl. The van der Waals surface area contributed by atoms with Crippen LogP contribution in [0.1, 0.15) is 36.0 Å². The number of likely N-dealkylation sites (tertiary alicyclic amines) is 1. The van der Waals surface area contributed by atoms with Crippen molar-refractivity contribution in [3.63, 3.8) is 0 Å². The maximum atomic E-state index is 12.5. The zero-order valence-corrected chi connectivity index (χ0v) is 12.4. The van der Waals surface area contributed by atoms with Gasteiger partial charge >= 0.3 is 6.61 Å². The number of alkyl halides is 3. The van der Waals surface area contributed by atoms with Crippen LogP contribution in [0.2, 0.25) is 0 Å². The van der Waals surface area contributed by atoms with Crippen LogP contribution in [-0.4, -0.2) is 35.9 Å². The molecule has 1 saturated heterocycles. The maximum absolute atomic E-state index is 12.5. The Morgan fingerprint density at radius 2 is 2.10 bits per heavy atom. The first-order valence-electron chi connectivity index (χ1n) is 7.03. The molecule has 1 aliphatic rings. The molecule has 0 bridgehead atoms. The Kier molecular flexibility index (Phi) is 5.79. The van der Waals surface area contributed by atoms with Crippen molar-refractivity contribution in [2.45, 2.75) is 38.3 Å². The Balaban J connectivity index is 2.01. The monoisotopic (exact) mass is 317 g/mol. The predicted molar refractivity (Wildman–Crippen MR) is 77.1 cm³/mol. The molecule has 1 unspecified atom stereocenters. The number of rotatable bonds is 6. The average Bonchev–Trinajstić information content (AvgIpc) is 2.93. The third kappa shape index (κ3) is 4.30. The summed E-state index contributed by atoms with van der Waals surface area (Å²) in [7, 11) is 0. The number of hydrogen-bond donors (Lipinski definition) is 0. The van der Waals surface area contributed by atoms with Gasteiger partial charge in [0.1, 0.15) is 5.75 Å². The number of nitrogens with zero attached hydrogens (tertiary/aromatic N) is 1. The van der Waals surface area contributed by atoms with Crippen molar-refractivity contribution in [2.75, 3.05) is 12.4 Å². The van der Waals surface area contributed by atoms with Gasteiger partial charge in [-0.15, -0.1) is 11.6 Å². The molecule has 0 aliphatic carbocycles. The summed E-state index contributed by atoms with van der Waals surface area (Å²) in [6.07, 6.45) is 3.78. The highest BCUT2D eigenvalue weighted by Gasteiger charge is 2.28. The third-order valence-corrected chi connectivity index (χ3v) is 3.90. The number of amides is 1. The normalized spacial score (nSPS) is 18.3. The average molecular weight is 318 g/mol. The minimum absolute atomic E-state index is 0.0571. The van der Waals surface area contributed by atoms with Gasteiger partial charge in [-0.1, -0.05) is 0 Å². The van der Waals surface area contributed by atoms with Crippen LogP contribution in [-0.2, 0) is 0 Å². The molecule has 116 valence electrons. The molecule has 1 amide bonds. The number of carbonyl (C=O) groups excluding carboxylic acids is 1. The van der Waals surface area contributed by atoms with Crippen LogP contribution in [0.4, 0.5) is 8.78 Å². The van der Waals surface area contributed by atoms with E-state index in [0.717, 1.165) is 32.2 Å². The first kappa shape index (κ1) is 16.0. The van der Waals surface area contributed by atoms with Gasteiger partial charge in [-0.3, -0.25) is 4.79 Å². The highest BCUT2D eigenvalue weighted by molar-refractivity contribution is 6.17. The van der Waals surface area contributed by atoms with E-state index < -0.39 is 6.61 Å². The summed E-state index contributed by atoms with van der Waals surface area (Å²) in [4.78, 5) is 14.3. The Labute approximate surface area is 127 Å². The van der Waals surface area contributed by atoms with E-state index in [9.17, 15) is 13.6 Å². The Morgan fingerprint density at radius 3 is 2.71 bits per heavy atom. The molecular formula is C15H18ClF2NO2. The van der Waals surface area contributed by atoms with E-state index in [1.165, 1.54) is 24.3 Å². The largest absolute Gasteiger partial charge is 0.435 e. The molecule has 0 saturated carbocycles. The molecule has 0 spiro atoms. The van der Waals surface area contributed by atoms with Crippen molar-refractivity contribution < 1.29 is 18.3 Å². The van der Waals surface area contributed by atoms with E-state index in [1.807, 2.05) is 4.90 Å². The van der Waals surface area contributed by atoms with Crippen molar-refractivity contribution in [1.29, 1.82) is 0 Å². The highest BCUT2D eigenvalue weighted by Crippen LogP contribution is 2.24. The molecule has 1 aromatic rings. The van der Waals surface area contributed by atoms with E-state index >= 15 is 0 Å². The van der Waals surface area contributed by atoms with E-state index in [4.69, 9.17) is 11.6 Å². The Morgan fingerprint density at radius 1 is 1.38 bits per heavy atom. The standard InChI is InChI=1S/C15H18ClF2NO2/c16-9-1-3-12-4-2-10-19(12)14(20)11-5-7-13(8-6-11)21-15(17)18/h5-8,12,15H,1-4,9-10H2. The molecule has 0 radical (unpaired) electrons. The quantitative estimate of drug-likeness (QED) is 0.744. The van der Waals surface area contributed by atoms with E-state index in [0.29, 0.717) is 11.4 Å². The highest BCUT2D eigenvalue weighted by atomic mass is 35.5. The third-order valence-electron chi connectivity index (χ3n) is 3.64. The fraction of sp³-hybridized carbons (Fsp3) is 0.533. The van der Waals surface area contributed by atoms with Crippen molar-refractivity contribution >= 4 is 17.5 Å². The number of ether oxygens (including phenoxy) is 1. The number of benzene rings is 1. The lowest BCUT2D eigenvalue weighted by atomic mass is 10.1. The summed E-state index contributed by atoms with van der Waals surface area (Å²) in [5.74, 6) is 0.593. The van der Waals surface area contributed by atoms with Crippen LogP contribution in [0.5, 0.6) is 5.75 Å². The van der Waals surface area contributed by atoms with Crippen LogP contribution in [0.3, 0.4) is 0 Å². The van der Waals surface area contributed by atoms with E-state index in [1.54, 1.807) is 0 Å². The fourth-order valence-electron chi connectivity index (χ4n) is 2.66. The van der Waals surface area contributed by atoms with E-state index in [-0.39, 0.29) is 17.7 Å². The predicted octanol–water partition coefficient (Wildman–Crippen LogP) is 3.91. The first-order valence-corrected chi connectivity index (χ1v) is 7.57. The second-order valence-electron chi connectivity index (χ2n) is 5.03. The lowest BCUT2D eigenvalue weighted by Crippen LogP contribution is -2.35. The van der Waals surface area contributed by atoms with Crippen LogP contribution in [0.25, 0.3) is 0 Å². The summed E-state index contributed by atoms with van der Waals surface area (Å²) in [5, 5.41) is 0. The summed E-state index contributed by atoms with van der Waals surface area (Å²) >= 11 is 5.70. The number of halogens is 3. The van der Waals surface area contributed by atoms with Gasteiger partial charge in [0.05, 0.1) is 0 Å². The second kappa shape index (κ2) is 7.59. The van der Waals surface area contributed by atoms with Crippen LogP contribution in [0.15, 0.2) is 24.3 Å². The molecule has 0 aromatic heterocycles. The van der Waals surface area contributed by atoms with Gasteiger partial charge in [-0.2, -0.15) is 8.78 Å². The Hall–Kier alpha value is -1.36. The van der Waals surface area contributed by atoms with Crippen molar-refractivity contribution in [3.8, 4) is 5.75 Å². The molecule has 1 heterocycles. The summed E-state index contributed by atoms with van der Waals surface area (Å²) < 4.78 is 28.4. The fourth-order valence-corrected chi connectivity index (χ4v) is 2.82. The molecule has 21 heavy (non-hydrogen) atoms. The molecular weight excluding hydrogens is 300 g/mol. The molecule has 3 nitrogen and oxygen atoms in total. The van der Waals surface area contributed by atoms with Crippen molar-refractivity contribution in [1.82, 2.24) is 4.90 Å². The van der Waals surface area contributed by atoms with Gasteiger partial charge in [0.2, 0.25) is 0 Å². The maximum Gasteiger partial charge on any atom is 0.387 e. The number of hydrogen-bond acceptors (Lipinski definition) is 2.